The predicted octanol–water partition coefficient (Wildman–Crippen LogP) is 2.50. The highest BCUT2D eigenvalue weighted by Crippen LogP contribution is 2.41. The summed E-state index contributed by atoms with van der Waals surface area (Å²) < 4.78 is 31.8. The summed E-state index contributed by atoms with van der Waals surface area (Å²) in [5.41, 5.74) is 2.36. The monoisotopic (exact) mass is 451 g/mol. The molecule has 166 valence electrons. The van der Waals surface area contributed by atoms with E-state index < -0.39 is 9.84 Å². The molecule has 5 rings (SSSR count). The van der Waals surface area contributed by atoms with E-state index in [-0.39, 0.29) is 22.9 Å². The molecule has 1 aromatic carbocycles. The van der Waals surface area contributed by atoms with Crippen LogP contribution in [0.3, 0.4) is 0 Å². The molecule has 9 heteroatoms. The van der Waals surface area contributed by atoms with Gasteiger partial charge in [0.1, 0.15) is 22.9 Å². The van der Waals surface area contributed by atoms with Crippen molar-refractivity contribution in [2.75, 3.05) is 13.1 Å². The number of piperidine rings is 1. The predicted molar refractivity (Wildman–Crippen MR) is 120 cm³/mol. The molecule has 1 spiro atoms. The van der Waals surface area contributed by atoms with Crippen LogP contribution in [0, 0.1) is 0 Å². The van der Waals surface area contributed by atoms with Crippen LogP contribution in [0.15, 0.2) is 48.9 Å². The van der Waals surface area contributed by atoms with Crippen molar-refractivity contribution in [1.29, 1.82) is 0 Å². The lowest BCUT2D eigenvalue weighted by atomic mass is 9.82. The molecule has 4 heterocycles. The van der Waals surface area contributed by atoms with E-state index in [2.05, 4.69) is 25.3 Å². The average molecular weight is 452 g/mol. The lowest BCUT2D eigenvalue weighted by molar-refractivity contribution is 0.0171. The van der Waals surface area contributed by atoms with Gasteiger partial charge in [0, 0.05) is 29.7 Å². The van der Waals surface area contributed by atoms with Crippen LogP contribution in [-0.4, -0.2) is 47.0 Å². The molecule has 2 aliphatic rings. The van der Waals surface area contributed by atoms with Crippen molar-refractivity contribution in [2.24, 2.45) is 0 Å². The Bertz CT molecular complexity index is 1210. The molecule has 1 saturated heterocycles. The van der Waals surface area contributed by atoms with Crippen molar-refractivity contribution >= 4 is 9.84 Å². The number of rotatable bonds is 5. The third-order valence-electron chi connectivity index (χ3n) is 6.10. The molecular formula is C23H25N5O3S. The van der Waals surface area contributed by atoms with Gasteiger partial charge in [-0.25, -0.2) is 28.4 Å². The largest absolute Gasteiger partial charge is 0.487 e. The first-order chi connectivity index (χ1) is 15.5. The number of hydrogen-bond acceptors (Lipinski definition) is 8. The Morgan fingerprint density at radius 2 is 1.75 bits per heavy atom. The van der Waals surface area contributed by atoms with Crippen LogP contribution in [0.25, 0.3) is 11.4 Å². The van der Waals surface area contributed by atoms with E-state index in [0.717, 1.165) is 55.6 Å². The van der Waals surface area contributed by atoms with E-state index in [1.165, 1.54) is 12.4 Å². The van der Waals surface area contributed by atoms with Crippen molar-refractivity contribution in [3.8, 4) is 17.1 Å². The van der Waals surface area contributed by atoms with E-state index >= 15 is 0 Å². The third kappa shape index (κ3) is 4.49. The van der Waals surface area contributed by atoms with Crippen molar-refractivity contribution < 1.29 is 13.2 Å². The first-order valence-corrected chi connectivity index (χ1v) is 12.6. The van der Waals surface area contributed by atoms with Gasteiger partial charge in [0.15, 0.2) is 15.7 Å². The molecule has 2 aliphatic heterocycles. The van der Waals surface area contributed by atoms with Crippen molar-refractivity contribution in [1.82, 2.24) is 25.3 Å². The van der Waals surface area contributed by atoms with Crippen LogP contribution >= 0.6 is 0 Å². The summed E-state index contributed by atoms with van der Waals surface area (Å²) >= 11 is 0. The van der Waals surface area contributed by atoms with Crippen LogP contribution < -0.4 is 10.1 Å². The maximum atomic E-state index is 12.7. The zero-order valence-electron chi connectivity index (χ0n) is 17.7. The highest BCUT2D eigenvalue weighted by atomic mass is 32.2. The first-order valence-electron chi connectivity index (χ1n) is 10.8. The minimum absolute atomic E-state index is 0.0901. The maximum Gasteiger partial charge on any atom is 0.163 e. The van der Waals surface area contributed by atoms with Gasteiger partial charge in [-0.3, -0.25) is 0 Å². The topological polar surface area (TPSA) is 107 Å². The van der Waals surface area contributed by atoms with Gasteiger partial charge in [-0.2, -0.15) is 0 Å². The minimum Gasteiger partial charge on any atom is -0.487 e. The molecule has 0 unspecified atom stereocenters. The van der Waals surface area contributed by atoms with Gasteiger partial charge in [0.25, 0.3) is 0 Å². The second-order valence-electron chi connectivity index (χ2n) is 8.39. The van der Waals surface area contributed by atoms with Gasteiger partial charge in [0.05, 0.1) is 11.4 Å². The molecule has 0 saturated carbocycles. The van der Waals surface area contributed by atoms with Crippen molar-refractivity contribution in [3.05, 3.63) is 66.0 Å². The molecule has 32 heavy (non-hydrogen) atoms. The second-order valence-corrected chi connectivity index (χ2v) is 10.5. The first kappa shape index (κ1) is 21.0. The summed E-state index contributed by atoms with van der Waals surface area (Å²) in [4.78, 5) is 17.1. The van der Waals surface area contributed by atoms with Crippen LogP contribution in [0.1, 0.15) is 36.3 Å². The van der Waals surface area contributed by atoms with Crippen molar-refractivity contribution in [2.45, 2.75) is 42.8 Å². The lowest BCUT2D eigenvalue weighted by Crippen LogP contribution is -2.48. The van der Waals surface area contributed by atoms with Crippen LogP contribution in [0.5, 0.6) is 5.75 Å². The molecule has 1 fully saturated rings. The van der Waals surface area contributed by atoms with Gasteiger partial charge in [0.2, 0.25) is 0 Å². The number of ether oxygens (including phenoxy) is 1. The highest BCUT2D eigenvalue weighted by Gasteiger charge is 2.38. The van der Waals surface area contributed by atoms with E-state index in [0.29, 0.717) is 11.5 Å². The molecule has 8 nitrogen and oxygen atoms in total. The number of benzene rings is 1. The fourth-order valence-corrected chi connectivity index (χ4v) is 5.74. The fourth-order valence-electron chi connectivity index (χ4n) is 4.48. The molecule has 0 aliphatic carbocycles. The molecular weight excluding hydrogens is 426 g/mol. The normalized spacial score (nSPS) is 17.5. The Morgan fingerprint density at radius 1 is 0.938 bits per heavy atom. The zero-order chi connectivity index (χ0) is 22.0. The Hall–Kier alpha value is -2.91. The molecule has 0 radical (unpaired) electrons. The summed E-state index contributed by atoms with van der Waals surface area (Å²) in [5.74, 6) is 1.28. The summed E-state index contributed by atoms with van der Waals surface area (Å²) in [6, 6.07) is 9.24. The minimum atomic E-state index is -3.47. The van der Waals surface area contributed by atoms with E-state index in [4.69, 9.17) is 4.74 Å². The lowest BCUT2D eigenvalue weighted by Gasteiger charge is -2.42. The number of fused-ring (bicyclic) bond motifs is 1. The maximum absolute atomic E-state index is 12.7. The van der Waals surface area contributed by atoms with Gasteiger partial charge in [-0.1, -0.05) is 12.1 Å². The van der Waals surface area contributed by atoms with Crippen LogP contribution in [0.2, 0.25) is 0 Å². The number of nitrogens with zero attached hydrogens (tertiary/aromatic N) is 4. The Kier molecular flexibility index (Phi) is 5.60. The quantitative estimate of drug-likeness (QED) is 0.631. The summed E-state index contributed by atoms with van der Waals surface area (Å²) in [6.07, 6.45) is 8.55. The van der Waals surface area contributed by atoms with Gasteiger partial charge < -0.3 is 10.1 Å². The number of nitrogens with one attached hydrogen (secondary N) is 1. The summed E-state index contributed by atoms with van der Waals surface area (Å²) in [5, 5.41) is 3.40. The fraction of sp³-hybridized carbons (Fsp3) is 0.391. The SMILES string of the molecule is O=S(=O)(Cc1ccnc(-c2cccc3c2CCC2(CCNCC2)O3)n1)Cc1ncccn1. The van der Waals surface area contributed by atoms with Gasteiger partial charge in [-0.05, 0) is 57.0 Å². The average Bonchev–Trinajstić information content (AvgIpc) is 2.79. The number of hydrogen-bond donors (Lipinski definition) is 1. The summed E-state index contributed by atoms with van der Waals surface area (Å²) in [6.45, 7) is 1.95. The molecule has 2 aromatic heterocycles. The van der Waals surface area contributed by atoms with E-state index in [1.54, 1.807) is 18.3 Å². The smallest absolute Gasteiger partial charge is 0.163 e. The van der Waals surface area contributed by atoms with Crippen LogP contribution in [0.4, 0.5) is 0 Å². The Morgan fingerprint density at radius 3 is 2.56 bits per heavy atom. The van der Waals surface area contributed by atoms with Gasteiger partial charge in [-0.15, -0.1) is 0 Å². The number of sulfone groups is 1. The Labute approximate surface area is 187 Å². The highest BCUT2D eigenvalue weighted by molar-refractivity contribution is 7.89. The standard InChI is InChI=1S/C23H25N5O3S/c29-32(30,16-21-25-10-2-11-26-21)15-17-6-12-27-22(28-17)19-3-1-4-20-18(19)5-7-23(31-20)8-13-24-14-9-23/h1-4,6,10-12,24H,5,7-9,13-16H2. The van der Waals surface area contributed by atoms with Crippen molar-refractivity contribution in [3.63, 3.8) is 0 Å². The van der Waals surface area contributed by atoms with E-state index in [1.807, 2.05) is 18.2 Å². The van der Waals surface area contributed by atoms with Crippen LogP contribution in [-0.2, 0) is 27.8 Å². The van der Waals surface area contributed by atoms with E-state index in [9.17, 15) is 8.42 Å². The molecule has 0 amide bonds. The Balaban J connectivity index is 1.39. The van der Waals surface area contributed by atoms with Gasteiger partial charge >= 0.3 is 0 Å². The zero-order valence-corrected chi connectivity index (χ0v) is 18.5. The second kappa shape index (κ2) is 8.55. The summed E-state index contributed by atoms with van der Waals surface area (Å²) in [7, 11) is -3.47. The molecule has 1 N–H and O–H groups in total. The number of aromatic nitrogens is 4. The third-order valence-corrected chi connectivity index (χ3v) is 7.53. The molecule has 0 atom stereocenters. The molecule has 3 aromatic rings. The molecule has 0 bridgehead atoms.